The molecule has 0 heterocycles. The number of hydrogen-bond acceptors (Lipinski definition) is 3. The van der Waals surface area contributed by atoms with Gasteiger partial charge in [-0.25, -0.2) is 0 Å². The smallest absolute Gasteiger partial charge is 0.248 e. The molecule has 1 rings (SSSR count). The molecule has 6 heteroatoms. The number of anilines is 1. The highest BCUT2D eigenvalue weighted by Crippen LogP contribution is 2.19. The van der Waals surface area contributed by atoms with Crippen LogP contribution in [0.3, 0.4) is 0 Å². The zero-order chi connectivity index (χ0) is 13.9. The number of nitrogens with one attached hydrogen (secondary N) is 1. The summed E-state index contributed by atoms with van der Waals surface area (Å²) in [6, 6.07) is 6.25. The lowest BCUT2D eigenvalue weighted by molar-refractivity contribution is -0.121. The minimum Gasteiger partial charge on any atom is -0.392 e. The Hall–Kier alpha value is -1.95. The van der Waals surface area contributed by atoms with Gasteiger partial charge in [-0.2, -0.15) is 0 Å². The third-order valence-corrected chi connectivity index (χ3v) is 3.12. The highest BCUT2D eigenvalue weighted by Gasteiger charge is 2.30. The molecule has 5 nitrogen and oxygen atoms in total. The molecule has 0 spiro atoms. The summed E-state index contributed by atoms with van der Waals surface area (Å²) in [5, 5.41) is 2.67. The van der Waals surface area contributed by atoms with Crippen LogP contribution in [0.4, 0.5) is 5.69 Å². The number of rotatable bonds is 4. The first-order valence-electron chi connectivity index (χ1n) is 5.26. The fraction of sp³-hybridized carbons (Fsp3) is 0.250. The van der Waals surface area contributed by atoms with E-state index in [9.17, 15) is 9.59 Å². The summed E-state index contributed by atoms with van der Waals surface area (Å²) < 4.78 is 0. The van der Waals surface area contributed by atoms with Crippen LogP contribution < -0.4 is 16.8 Å². The molecule has 0 bridgehead atoms. The fourth-order valence-corrected chi connectivity index (χ4v) is 1.21. The van der Waals surface area contributed by atoms with Gasteiger partial charge in [-0.3, -0.25) is 9.59 Å². The van der Waals surface area contributed by atoms with Crippen molar-refractivity contribution in [3.05, 3.63) is 29.8 Å². The third kappa shape index (κ3) is 3.04. The van der Waals surface area contributed by atoms with Gasteiger partial charge in [0.05, 0.1) is 10.4 Å². The van der Waals surface area contributed by atoms with Gasteiger partial charge in [0, 0.05) is 11.3 Å². The summed E-state index contributed by atoms with van der Waals surface area (Å²) in [4.78, 5) is 22.9. The Morgan fingerprint density at radius 3 is 2.06 bits per heavy atom. The Labute approximate surface area is 111 Å². The second-order valence-electron chi connectivity index (χ2n) is 4.38. The zero-order valence-corrected chi connectivity index (χ0v) is 11.0. The second kappa shape index (κ2) is 5.14. The summed E-state index contributed by atoms with van der Waals surface area (Å²) in [5.41, 5.74) is 10.6. The quantitative estimate of drug-likeness (QED) is 0.708. The molecule has 0 saturated carbocycles. The first-order chi connectivity index (χ1) is 8.25. The van der Waals surface area contributed by atoms with Crippen molar-refractivity contribution in [3.63, 3.8) is 0 Å². The Kier molecular flexibility index (Phi) is 4.03. The molecule has 1 aromatic rings. The summed E-state index contributed by atoms with van der Waals surface area (Å²) in [5.74, 6) is -0.821. The number of carbonyl (C=O) groups is 2. The monoisotopic (exact) mass is 265 g/mol. The van der Waals surface area contributed by atoms with E-state index in [-0.39, 0.29) is 10.9 Å². The standard InChI is InChI=1S/C12H15N3O2S/c1-12(2,10(14)18)11(17)15-8-5-3-7(4-6-8)9(13)16/h3-6H,1-2H3,(H2,13,16)(H2,14,18)(H,15,17). The number of carbonyl (C=O) groups excluding carboxylic acids is 2. The van der Waals surface area contributed by atoms with E-state index in [2.05, 4.69) is 5.32 Å². The average molecular weight is 265 g/mol. The molecule has 5 N–H and O–H groups in total. The molecule has 0 atom stereocenters. The first kappa shape index (κ1) is 14.1. The lowest BCUT2D eigenvalue weighted by Gasteiger charge is -2.21. The largest absolute Gasteiger partial charge is 0.392 e. The molecule has 2 amide bonds. The maximum absolute atomic E-state index is 11.9. The Balaban J connectivity index is 2.83. The van der Waals surface area contributed by atoms with E-state index in [1.54, 1.807) is 26.0 Å². The molecular formula is C12H15N3O2S. The lowest BCUT2D eigenvalue weighted by Crippen LogP contribution is -2.41. The summed E-state index contributed by atoms with van der Waals surface area (Å²) >= 11 is 4.83. The van der Waals surface area contributed by atoms with Crippen LogP contribution in [0.5, 0.6) is 0 Å². The number of thiocarbonyl (C=S) groups is 1. The van der Waals surface area contributed by atoms with E-state index >= 15 is 0 Å². The van der Waals surface area contributed by atoms with Gasteiger partial charge < -0.3 is 16.8 Å². The van der Waals surface area contributed by atoms with Crippen LogP contribution in [0, 0.1) is 5.41 Å². The van der Waals surface area contributed by atoms with Crippen molar-refractivity contribution < 1.29 is 9.59 Å². The first-order valence-corrected chi connectivity index (χ1v) is 5.67. The predicted molar refractivity (Wildman–Crippen MR) is 74.2 cm³/mol. The van der Waals surface area contributed by atoms with Gasteiger partial charge >= 0.3 is 0 Å². The minimum atomic E-state index is -0.933. The van der Waals surface area contributed by atoms with Gasteiger partial charge in [-0.05, 0) is 38.1 Å². The molecule has 18 heavy (non-hydrogen) atoms. The maximum atomic E-state index is 11.9. The topological polar surface area (TPSA) is 98.2 Å². The van der Waals surface area contributed by atoms with E-state index in [0.717, 1.165) is 0 Å². The van der Waals surface area contributed by atoms with Crippen molar-refractivity contribution >= 4 is 34.7 Å². The Morgan fingerprint density at radius 2 is 1.67 bits per heavy atom. The van der Waals surface area contributed by atoms with Crippen LogP contribution in [-0.2, 0) is 4.79 Å². The van der Waals surface area contributed by atoms with Gasteiger partial charge in [0.25, 0.3) is 0 Å². The van der Waals surface area contributed by atoms with E-state index in [0.29, 0.717) is 11.3 Å². The molecule has 1 aromatic carbocycles. The number of primary amides is 1. The molecule has 0 unspecified atom stereocenters. The van der Waals surface area contributed by atoms with Crippen LogP contribution in [0.1, 0.15) is 24.2 Å². The third-order valence-electron chi connectivity index (χ3n) is 2.61. The van der Waals surface area contributed by atoms with Gasteiger partial charge in [0.15, 0.2) is 0 Å². The van der Waals surface area contributed by atoms with Gasteiger partial charge in [0.1, 0.15) is 0 Å². The number of nitrogens with two attached hydrogens (primary N) is 2. The summed E-state index contributed by atoms with van der Waals surface area (Å²) in [6.07, 6.45) is 0. The van der Waals surface area contributed by atoms with E-state index in [1.807, 2.05) is 0 Å². The summed E-state index contributed by atoms with van der Waals surface area (Å²) in [6.45, 7) is 3.28. The molecule has 0 aliphatic carbocycles. The predicted octanol–water partition coefficient (Wildman–Crippen LogP) is 1.04. The fourth-order valence-electron chi connectivity index (χ4n) is 1.12. The van der Waals surface area contributed by atoms with E-state index in [1.165, 1.54) is 12.1 Å². The minimum absolute atomic E-state index is 0.119. The van der Waals surface area contributed by atoms with Gasteiger partial charge in [-0.15, -0.1) is 0 Å². The summed E-state index contributed by atoms with van der Waals surface area (Å²) in [7, 11) is 0. The van der Waals surface area contributed by atoms with Crippen molar-refractivity contribution in [2.75, 3.05) is 5.32 Å². The van der Waals surface area contributed by atoms with Gasteiger partial charge in [0.2, 0.25) is 11.8 Å². The highest BCUT2D eigenvalue weighted by molar-refractivity contribution is 7.80. The normalized spacial score (nSPS) is 10.8. The van der Waals surface area contributed by atoms with E-state index in [4.69, 9.17) is 23.7 Å². The highest BCUT2D eigenvalue weighted by atomic mass is 32.1. The van der Waals surface area contributed by atoms with Crippen LogP contribution in [-0.4, -0.2) is 16.8 Å². The molecule has 0 fully saturated rings. The Morgan fingerprint density at radius 1 is 1.17 bits per heavy atom. The Bertz CT molecular complexity index is 495. The molecule has 0 aliphatic heterocycles. The zero-order valence-electron chi connectivity index (χ0n) is 10.2. The molecule has 0 aromatic heterocycles. The van der Waals surface area contributed by atoms with Crippen molar-refractivity contribution in [3.8, 4) is 0 Å². The molecule has 96 valence electrons. The molecular weight excluding hydrogens is 250 g/mol. The van der Waals surface area contributed by atoms with Crippen LogP contribution in [0.15, 0.2) is 24.3 Å². The lowest BCUT2D eigenvalue weighted by atomic mass is 9.92. The van der Waals surface area contributed by atoms with Gasteiger partial charge in [-0.1, -0.05) is 12.2 Å². The van der Waals surface area contributed by atoms with Crippen molar-refractivity contribution in [1.29, 1.82) is 0 Å². The second-order valence-corrected chi connectivity index (χ2v) is 4.82. The van der Waals surface area contributed by atoms with Crippen LogP contribution in [0.2, 0.25) is 0 Å². The molecule has 0 saturated heterocycles. The number of hydrogen-bond donors (Lipinski definition) is 3. The van der Waals surface area contributed by atoms with Crippen LogP contribution >= 0.6 is 12.2 Å². The molecule has 0 radical (unpaired) electrons. The number of amides is 2. The van der Waals surface area contributed by atoms with Crippen LogP contribution in [0.25, 0.3) is 0 Å². The number of benzene rings is 1. The van der Waals surface area contributed by atoms with Crippen molar-refractivity contribution in [2.45, 2.75) is 13.8 Å². The average Bonchev–Trinajstić information content (AvgIpc) is 2.29. The SMILES string of the molecule is CC(C)(C(=O)Nc1ccc(C(N)=O)cc1)C(N)=S. The maximum Gasteiger partial charge on any atom is 0.248 e. The van der Waals surface area contributed by atoms with E-state index < -0.39 is 11.3 Å². The molecule has 0 aliphatic rings. The van der Waals surface area contributed by atoms with Crippen molar-refractivity contribution in [2.24, 2.45) is 16.9 Å². The van der Waals surface area contributed by atoms with Crippen molar-refractivity contribution in [1.82, 2.24) is 0 Å².